The van der Waals surface area contributed by atoms with E-state index in [1.54, 1.807) is 0 Å². The van der Waals surface area contributed by atoms with E-state index in [0.29, 0.717) is 0 Å². The Bertz CT molecular complexity index is 298. The molecule has 1 N–H and O–H groups in total. The molecule has 78 valence electrons. The summed E-state index contributed by atoms with van der Waals surface area (Å²) in [7, 11) is 0. The van der Waals surface area contributed by atoms with Crippen LogP contribution in [0.3, 0.4) is 0 Å². The zero-order chi connectivity index (χ0) is 10.9. The molecule has 1 aliphatic rings. The minimum Gasteiger partial charge on any atom is -0.392 e. The third-order valence-electron chi connectivity index (χ3n) is 1.43. The highest BCUT2D eigenvalue weighted by Crippen LogP contribution is 2.16. The highest BCUT2D eigenvalue weighted by Gasteiger charge is 2.43. The molecule has 0 aromatic heterocycles. The van der Waals surface area contributed by atoms with Crippen LogP contribution in [0.4, 0.5) is 13.2 Å². The molecule has 1 fully saturated rings. The van der Waals surface area contributed by atoms with Gasteiger partial charge in [-0.25, -0.2) is 4.79 Å². The predicted molar refractivity (Wildman–Crippen MR) is 33.7 cm³/mol. The lowest BCUT2D eigenvalue weighted by atomic mass is 10.2. The van der Waals surface area contributed by atoms with Crippen molar-refractivity contribution in [1.29, 1.82) is 0 Å². The molecule has 1 atom stereocenters. The fourth-order valence-electron chi connectivity index (χ4n) is 0.825. The molecule has 8 heteroatoms. The van der Waals surface area contributed by atoms with Gasteiger partial charge in [0.25, 0.3) is 0 Å². The van der Waals surface area contributed by atoms with Crippen molar-refractivity contribution in [3.63, 3.8) is 0 Å². The predicted octanol–water partition coefficient (Wildman–Crippen LogP) is -0.493. The second kappa shape index (κ2) is 3.28. The second-order valence-corrected chi connectivity index (χ2v) is 2.52. The van der Waals surface area contributed by atoms with Crippen LogP contribution in [0.5, 0.6) is 0 Å². The van der Waals surface area contributed by atoms with Gasteiger partial charge in [-0.15, -0.1) is 0 Å². The van der Waals surface area contributed by atoms with Crippen LogP contribution < -0.4 is 5.32 Å². The first kappa shape index (κ1) is 10.5. The summed E-state index contributed by atoms with van der Waals surface area (Å²) < 4.78 is 39.0. The van der Waals surface area contributed by atoms with Crippen molar-refractivity contribution in [1.82, 2.24) is 5.32 Å². The van der Waals surface area contributed by atoms with Crippen molar-refractivity contribution in [2.24, 2.45) is 0 Å². The van der Waals surface area contributed by atoms with Crippen LogP contribution in [0, 0.1) is 0 Å². The smallest absolute Gasteiger partial charge is 0.392 e. The van der Waals surface area contributed by atoms with Crippen molar-refractivity contribution in [2.75, 3.05) is 0 Å². The number of carbonyl (C=O) groups excluding carboxylic acids is 3. The molecule has 0 aromatic carbocycles. The normalized spacial score (nSPS) is 22.1. The Hall–Kier alpha value is -1.60. The first-order chi connectivity index (χ1) is 6.30. The number of cyclic esters (lactones) is 2. The van der Waals surface area contributed by atoms with Crippen molar-refractivity contribution in [3.05, 3.63) is 0 Å². The van der Waals surface area contributed by atoms with E-state index in [9.17, 15) is 27.6 Å². The van der Waals surface area contributed by atoms with E-state index in [1.165, 1.54) is 5.32 Å². The van der Waals surface area contributed by atoms with Crippen LogP contribution >= 0.6 is 0 Å². The largest absolute Gasteiger partial charge is 0.471 e. The number of hydrogen-bond acceptors (Lipinski definition) is 4. The number of nitrogens with one attached hydrogen (secondary N) is 1. The fraction of sp³-hybridized carbons (Fsp3) is 0.500. The number of halogens is 3. The van der Waals surface area contributed by atoms with Gasteiger partial charge in [0.05, 0.1) is 6.42 Å². The minimum atomic E-state index is -5.08. The third kappa shape index (κ3) is 2.21. The Morgan fingerprint density at radius 2 is 2.00 bits per heavy atom. The minimum absolute atomic E-state index is 0.569. The summed E-state index contributed by atoms with van der Waals surface area (Å²) in [6, 6.07) is -1.53. The van der Waals surface area contributed by atoms with E-state index in [1.807, 2.05) is 0 Å². The van der Waals surface area contributed by atoms with Crippen LogP contribution in [0.2, 0.25) is 0 Å². The molecule has 0 bridgehead atoms. The Labute approximate surface area is 75.2 Å². The first-order valence-corrected chi connectivity index (χ1v) is 3.43. The van der Waals surface area contributed by atoms with Gasteiger partial charge in [0.1, 0.15) is 6.04 Å². The Balaban J connectivity index is 2.58. The molecule has 0 saturated carbocycles. The molecule has 1 heterocycles. The van der Waals surface area contributed by atoms with E-state index >= 15 is 0 Å². The lowest BCUT2D eigenvalue weighted by molar-refractivity contribution is -0.175. The maximum Gasteiger partial charge on any atom is 0.471 e. The van der Waals surface area contributed by atoms with Gasteiger partial charge in [0, 0.05) is 0 Å². The van der Waals surface area contributed by atoms with Crippen LogP contribution in [0.25, 0.3) is 0 Å². The molecule has 0 aliphatic carbocycles. The van der Waals surface area contributed by atoms with E-state index < -0.39 is 36.5 Å². The van der Waals surface area contributed by atoms with Crippen LogP contribution in [-0.4, -0.2) is 30.1 Å². The highest BCUT2D eigenvalue weighted by molar-refractivity contribution is 5.99. The average molecular weight is 211 g/mol. The second-order valence-electron chi connectivity index (χ2n) is 2.52. The van der Waals surface area contributed by atoms with E-state index in [0.717, 1.165) is 0 Å². The molecule has 5 nitrogen and oxygen atoms in total. The Kier molecular flexibility index (Phi) is 2.45. The topological polar surface area (TPSA) is 72.5 Å². The summed E-state index contributed by atoms with van der Waals surface area (Å²) in [6.45, 7) is 0. The van der Waals surface area contributed by atoms with E-state index in [4.69, 9.17) is 0 Å². The van der Waals surface area contributed by atoms with Gasteiger partial charge in [-0.05, 0) is 0 Å². The molecule has 0 spiro atoms. The molecule has 0 radical (unpaired) electrons. The quantitative estimate of drug-likeness (QED) is 0.469. The van der Waals surface area contributed by atoms with Crippen molar-refractivity contribution in [2.45, 2.75) is 18.6 Å². The van der Waals surface area contributed by atoms with Gasteiger partial charge in [-0.3, -0.25) is 9.59 Å². The van der Waals surface area contributed by atoms with Crippen LogP contribution in [0.1, 0.15) is 6.42 Å². The van der Waals surface area contributed by atoms with Crippen molar-refractivity contribution in [3.8, 4) is 0 Å². The number of esters is 2. The third-order valence-corrected chi connectivity index (χ3v) is 1.43. The number of amides is 1. The summed E-state index contributed by atoms with van der Waals surface area (Å²) in [5, 5.41) is 1.34. The molecular weight excluding hydrogens is 207 g/mol. The van der Waals surface area contributed by atoms with E-state index in [2.05, 4.69) is 4.74 Å². The summed E-state index contributed by atoms with van der Waals surface area (Å²) in [5.41, 5.74) is 0. The maximum absolute atomic E-state index is 11.7. The molecule has 0 aromatic rings. The zero-order valence-corrected chi connectivity index (χ0v) is 6.55. The summed E-state index contributed by atoms with van der Waals surface area (Å²) in [4.78, 5) is 31.4. The van der Waals surface area contributed by atoms with Gasteiger partial charge < -0.3 is 10.1 Å². The molecule has 14 heavy (non-hydrogen) atoms. The Morgan fingerprint density at radius 3 is 2.36 bits per heavy atom. The molecule has 1 rings (SSSR count). The van der Waals surface area contributed by atoms with Crippen LogP contribution in [0.15, 0.2) is 0 Å². The Morgan fingerprint density at radius 1 is 1.43 bits per heavy atom. The number of ether oxygens (including phenoxy) is 1. The van der Waals surface area contributed by atoms with Gasteiger partial charge in [0.2, 0.25) is 0 Å². The summed E-state index contributed by atoms with van der Waals surface area (Å²) in [6.07, 6.45) is -5.65. The number of carbonyl (C=O) groups is 3. The molecular formula is C6H4F3NO4. The maximum atomic E-state index is 11.7. The van der Waals surface area contributed by atoms with Gasteiger partial charge in [-0.2, -0.15) is 13.2 Å². The standard InChI is InChI=1S/C6H4F3NO4/c7-6(8,9)5(13)10-2-1-3(11)14-4(2)12/h2H,1H2,(H,10,13)/t2-/m1/s1. The summed E-state index contributed by atoms with van der Waals surface area (Å²) in [5.74, 6) is -4.40. The van der Waals surface area contributed by atoms with E-state index in [-0.39, 0.29) is 0 Å². The molecule has 1 amide bonds. The van der Waals surface area contributed by atoms with Gasteiger partial charge in [-0.1, -0.05) is 0 Å². The molecule has 0 unspecified atom stereocenters. The molecule has 1 aliphatic heterocycles. The van der Waals surface area contributed by atoms with Crippen LogP contribution in [-0.2, 0) is 19.1 Å². The van der Waals surface area contributed by atoms with Crippen molar-refractivity contribution >= 4 is 17.8 Å². The number of alkyl halides is 3. The highest BCUT2D eigenvalue weighted by atomic mass is 19.4. The fourth-order valence-corrected chi connectivity index (χ4v) is 0.825. The van der Waals surface area contributed by atoms with Gasteiger partial charge in [0.15, 0.2) is 0 Å². The van der Waals surface area contributed by atoms with Gasteiger partial charge >= 0.3 is 24.0 Å². The number of rotatable bonds is 1. The summed E-state index contributed by atoms with van der Waals surface area (Å²) >= 11 is 0. The lowest BCUT2D eigenvalue weighted by Gasteiger charge is -2.09. The van der Waals surface area contributed by atoms with Crippen molar-refractivity contribution < 1.29 is 32.3 Å². The SMILES string of the molecule is O=C1C[C@@H](NC(=O)C(F)(F)F)C(=O)O1. The first-order valence-electron chi connectivity index (χ1n) is 3.43. The lowest BCUT2D eigenvalue weighted by Crippen LogP contribution is -2.45. The zero-order valence-electron chi connectivity index (χ0n) is 6.55. The average Bonchev–Trinajstić information content (AvgIpc) is 2.28. The monoisotopic (exact) mass is 211 g/mol. The number of hydrogen-bond donors (Lipinski definition) is 1. The molecule has 1 saturated heterocycles.